The van der Waals surface area contributed by atoms with E-state index in [1.165, 1.54) is 0 Å². The van der Waals surface area contributed by atoms with E-state index in [-0.39, 0.29) is 16.5 Å². The number of hydrogen-bond donors (Lipinski definition) is 0. The van der Waals surface area contributed by atoms with Crippen molar-refractivity contribution in [3.63, 3.8) is 0 Å². The first kappa shape index (κ1) is 11.5. The fourth-order valence-corrected chi connectivity index (χ4v) is 2.38. The lowest BCUT2D eigenvalue weighted by Gasteiger charge is -2.22. The highest BCUT2D eigenvalue weighted by Gasteiger charge is 2.24. The summed E-state index contributed by atoms with van der Waals surface area (Å²) < 4.78 is 6.01. The highest BCUT2D eigenvalue weighted by atomic mass is 79.9. The quantitative estimate of drug-likeness (QED) is 0.619. The van der Waals surface area contributed by atoms with Gasteiger partial charge in [-0.2, -0.15) is 0 Å². The van der Waals surface area contributed by atoms with E-state index in [0.29, 0.717) is 13.2 Å². The molecule has 0 amide bonds. The zero-order valence-electron chi connectivity index (χ0n) is 8.69. The highest BCUT2D eigenvalue weighted by molar-refractivity contribution is 9.10. The molecule has 0 saturated carbocycles. The number of hydrogen-bond acceptors (Lipinski definition) is 3. The summed E-state index contributed by atoms with van der Waals surface area (Å²) in [5.74, 6) is 0.252. The summed E-state index contributed by atoms with van der Waals surface area (Å²) >= 11 is 3.26. The lowest BCUT2D eigenvalue weighted by molar-refractivity contribution is -0.385. The molecule has 4 nitrogen and oxygen atoms in total. The van der Waals surface area contributed by atoms with Crippen LogP contribution in [0.5, 0.6) is 0 Å². The van der Waals surface area contributed by atoms with E-state index in [1.807, 2.05) is 12.1 Å². The Morgan fingerprint density at radius 3 is 2.69 bits per heavy atom. The minimum absolute atomic E-state index is 0.210. The molecule has 0 unspecified atom stereocenters. The van der Waals surface area contributed by atoms with Gasteiger partial charge in [0.1, 0.15) is 0 Å². The summed E-state index contributed by atoms with van der Waals surface area (Å²) in [5.41, 5.74) is 1.04. The third-order valence-electron chi connectivity index (χ3n) is 2.85. The molecule has 0 bridgehead atoms. The van der Waals surface area contributed by atoms with E-state index in [4.69, 9.17) is 4.74 Å². The van der Waals surface area contributed by atoms with Crippen molar-refractivity contribution in [1.29, 1.82) is 0 Å². The molecule has 1 fully saturated rings. The lowest BCUT2D eigenvalue weighted by atomic mass is 9.90. The van der Waals surface area contributed by atoms with E-state index < -0.39 is 0 Å². The predicted molar refractivity (Wildman–Crippen MR) is 63.6 cm³/mol. The average Bonchev–Trinajstić information content (AvgIpc) is 2.30. The maximum Gasteiger partial charge on any atom is 0.273 e. The Balaban J connectivity index is 2.34. The Hall–Kier alpha value is -0.940. The van der Waals surface area contributed by atoms with Crippen molar-refractivity contribution in [3.05, 3.63) is 38.3 Å². The molecule has 86 valence electrons. The van der Waals surface area contributed by atoms with Gasteiger partial charge in [-0.3, -0.25) is 10.1 Å². The van der Waals surface area contributed by atoms with Crippen molar-refractivity contribution < 1.29 is 9.66 Å². The maximum absolute atomic E-state index is 11.0. The van der Waals surface area contributed by atoms with Gasteiger partial charge in [-0.15, -0.1) is 0 Å². The summed E-state index contributed by atoms with van der Waals surface area (Å²) in [4.78, 5) is 10.7. The second kappa shape index (κ2) is 4.93. The van der Waals surface area contributed by atoms with Gasteiger partial charge in [-0.1, -0.05) is 22.0 Å². The molecule has 1 saturated heterocycles. The second-order valence-electron chi connectivity index (χ2n) is 3.85. The van der Waals surface area contributed by atoms with Crippen LogP contribution >= 0.6 is 15.9 Å². The fourth-order valence-electron chi connectivity index (χ4n) is 2.03. The van der Waals surface area contributed by atoms with Gasteiger partial charge in [-0.05, 0) is 24.8 Å². The minimum atomic E-state index is -0.310. The molecule has 1 heterocycles. The number of nitro groups is 1. The largest absolute Gasteiger partial charge is 0.381 e. The number of halogens is 1. The van der Waals surface area contributed by atoms with Gasteiger partial charge < -0.3 is 4.74 Å². The van der Waals surface area contributed by atoms with Gasteiger partial charge in [0.25, 0.3) is 5.69 Å². The molecule has 1 aromatic carbocycles. The van der Waals surface area contributed by atoms with Gasteiger partial charge in [0.05, 0.1) is 4.92 Å². The molecule has 0 atom stereocenters. The zero-order valence-corrected chi connectivity index (χ0v) is 10.3. The number of ether oxygens (including phenoxy) is 1. The Bertz CT molecular complexity index is 402. The van der Waals surface area contributed by atoms with Crippen LogP contribution in [-0.4, -0.2) is 18.1 Å². The summed E-state index contributed by atoms with van der Waals surface area (Å²) in [6.45, 7) is 1.38. The van der Waals surface area contributed by atoms with Gasteiger partial charge in [0.2, 0.25) is 0 Å². The summed E-state index contributed by atoms with van der Waals surface area (Å²) in [6, 6.07) is 5.28. The minimum Gasteiger partial charge on any atom is -0.381 e. The third-order valence-corrected chi connectivity index (χ3v) is 3.34. The third kappa shape index (κ3) is 2.41. The van der Waals surface area contributed by atoms with Crippen LogP contribution < -0.4 is 0 Å². The molecule has 0 N–H and O–H groups in total. The first-order valence-corrected chi connectivity index (χ1v) is 5.99. The molecular weight excluding hydrogens is 274 g/mol. The molecule has 0 aliphatic carbocycles. The zero-order chi connectivity index (χ0) is 11.5. The maximum atomic E-state index is 11.0. The second-order valence-corrected chi connectivity index (χ2v) is 4.76. The predicted octanol–water partition coefficient (Wildman–Crippen LogP) is 3.25. The fraction of sp³-hybridized carbons (Fsp3) is 0.455. The van der Waals surface area contributed by atoms with Crippen molar-refractivity contribution in [1.82, 2.24) is 0 Å². The van der Waals surface area contributed by atoms with Crippen LogP contribution in [0.2, 0.25) is 0 Å². The number of nitrogens with zero attached hydrogens (tertiary/aromatic N) is 1. The first-order chi connectivity index (χ1) is 7.68. The van der Waals surface area contributed by atoms with Crippen LogP contribution in [-0.2, 0) is 4.74 Å². The molecule has 0 radical (unpaired) electrons. The van der Waals surface area contributed by atoms with Crippen LogP contribution in [0.3, 0.4) is 0 Å². The molecule has 16 heavy (non-hydrogen) atoms. The molecule has 1 aromatic rings. The summed E-state index contributed by atoms with van der Waals surface area (Å²) in [6.07, 6.45) is 1.73. The summed E-state index contributed by atoms with van der Waals surface area (Å²) in [7, 11) is 0. The Labute approximate surface area is 102 Å². The average molecular weight is 286 g/mol. The number of rotatable bonds is 2. The van der Waals surface area contributed by atoms with Crippen molar-refractivity contribution in [2.45, 2.75) is 18.8 Å². The van der Waals surface area contributed by atoms with E-state index >= 15 is 0 Å². The molecule has 0 aromatic heterocycles. The topological polar surface area (TPSA) is 52.4 Å². The van der Waals surface area contributed by atoms with E-state index in [9.17, 15) is 10.1 Å². The molecule has 5 heteroatoms. The Morgan fingerprint density at radius 1 is 1.38 bits per heavy atom. The van der Waals surface area contributed by atoms with Crippen molar-refractivity contribution in [2.24, 2.45) is 0 Å². The van der Waals surface area contributed by atoms with Crippen molar-refractivity contribution in [3.8, 4) is 0 Å². The standard InChI is InChI=1S/C11H12BrNO3/c12-9-1-2-10(11(7-9)13(14)15)8-3-5-16-6-4-8/h1-2,7-8H,3-6H2. The van der Waals surface area contributed by atoms with Gasteiger partial charge >= 0.3 is 0 Å². The lowest BCUT2D eigenvalue weighted by Crippen LogP contribution is -2.15. The summed E-state index contributed by atoms with van der Waals surface area (Å²) in [5, 5.41) is 11.0. The molecule has 2 rings (SSSR count). The van der Waals surface area contributed by atoms with Crippen LogP contribution in [0, 0.1) is 10.1 Å². The van der Waals surface area contributed by atoms with Crippen molar-refractivity contribution >= 4 is 21.6 Å². The number of nitro benzene ring substituents is 1. The van der Waals surface area contributed by atoms with Gasteiger partial charge in [0, 0.05) is 29.3 Å². The SMILES string of the molecule is O=[N+]([O-])c1cc(Br)ccc1C1CCOCC1. The molecular formula is C11H12BrNO3. The van der Waals surface area contributed by atoms with Crippen LogP contribution in [0.15, 0.2) is 22.7 Å². The van der Waals surface area contributed by atoms with Gasteiger partial charge in [-0.25, -0.2) is 0 Å². The van der Waals surface area contributed by atoms with E-state index in [1.54, 1.807) is 6.07 Å². The van der Waals surface area contributed by atoms with Crippen LogP contribution in [0.1, 0.15) is 24.3 Å². The van der Waals surface area contributed by atoms with Crippen molar-refractivity contribution in [2.75, 3.05) is 13.2 Å². The monoisotopic (exact) mass is 285 g/mol. The Morgan fingerprint density at radius 2 is 2.06 bits per heavy atom. The molecule has 0 spiro atoms. The normalized spacial score (nSPS) is 17.3. The Kier molecular flexibility index (Phi) is 3.56. The molecule has 1 aliphatic heterocycles. The van der Waals surface area contributed by atoms with E-state index in [2.05, 4.69) is 15.9 Å². The molecule has 1 aliphatic rings. The van der Waals surface area contributed by atoms with E-state index in [0.717, 1.165) is 22.9 Å². The van der Waals surface area contributed by atoms with Gasteiger partial charge in [0.15, 0.2) is 0 Å². The first-order valence-electron chi connectivity index (χ1n) is 5.20. The smallest absolute Gasteiger partial charge is 0.273 e. The number of benzene rings is 1. The van der Waals surface area contributed by atoms with Crippen LogP contribution in [0.4, 0.5) is 5.69 Å². The van der Waals surface area contributed by atoms with Crippen LogP contribution in [0.25, 0.3) is 0 Å². The highest BCUT2D eigenvalue weighted by Crippen LogP contribution is 2.34.